The molecule has 0 radical (unpaired) electrons. The molecule has 1 fully saturated rings. The fourth-order valence-corrected chi connectivity index (χ4v) is 4.02. The molecule has 154 valence electrons. The molecule has 3 heterocycles. The predicted molar refractivity (Wildman–Crippen MR) is 117 cm³/mol. The van der Waals surface area contributed by atoms with Gasteiger partial charge in [0.15, 0.2) is 0 Å². The zero-order valence-corrected chi connectivity index (χ0v) is 17.0. The van der Waals surface area contributed by atoms with E-state index in [0.717, 1.165) is 41.2 Å². The zero-order valence-electron chi connectivity index (χ0n) is 17.0. The van der Waals surface area contributed by atoms with Gasteiger partial charge in [-0.25, -0.2) is 4.98 Å². The van der Waals surface area contributed by atoms with Crippen LogP contribution in [0.5, 0.6) is 0 Å². The van der Waals surface area contributed by atoms with Gasteiger partial charge in [-0.1, -0.05) is 19.1 Å². The van der Waals surface area contributed by atoms with Gasteiger partial charge in [-0.2, -0.15) is 0 Å². The molecule has 3 N–H and O–H groups in total. The Hall–Kier alpha value is -3.48. The molecule has 7 nitrogen and oxygen atoms in total. The molecule has 4 rings (SSSR count). The number of hydrogen-bond donors (Lipinski definition) is 2. The molecule has 1 atom stereocenters. The van der Waals surface area contributed by atoms with Crippen LogP contribution in [0.3, 0.4) is 0 Å². The summed E-state index contributed by atoms with van der Waals surface area (Å²) in [5, 5.41) is 4.81. The van der Waals surface area contributed by atoms with Gasteiger partial charge >= 0.3 is 11.8 Å². The molecule has 2 amide bonds. The van der Waals surface area contributed by atoms with Gasteiger partial charge in [0.25, 0.3) is 0 Å². The second kappa shape index (κ2) is 8.49. The third-order valence-electron chi connectivity index (χ3n) is 5.65. The number of pyridine rings is 2. The number of amides is 2. The lowest BCUT2D eigenvalue weighted by Crippen LogP contribution is -2.44. The number of likely N-dealkylation sites (tertiary alicyclic amines) is 1. The minimum atomic E-state index is -0.652. The van der Waals surface area contributed by atoms with Crippen LogP contribution in [0.4, 0.5) is 11.5 Å². The maximum absolute atomic E-state index is 13.0. The molecule has 30 heavy (non-hydrogen) atoms. The second-order valence-electron chi connectivity index (χ2n) is 7.57. The fraction of sp³-hybridized carbons (Fsp3) is 0.304. The lowest BCUT2D eigenvalue weighted by molar-refractivity contribution is -0.145. The van der Waals surface area contributed by atoms with Crippen molar-refractivity contribution >= 4 is 34.1 Å². The number of nitrogens with zero attached hydrogens (tertiary/aromatic N) is 3. The number of nitrogen functional groups attached to an aromatic ring is 1. The van der Waals surface area contributed by atoms with Gasteiger partial charge in [-0.05, 0) is 60.4 Å². The largest absolute Gasteiger partial charge is 0.383 e. The molecule has 0 saturated carbocycles. The summed E-state index contributed by atoms with van der Waals surface area (Å²) >= 11 is 0. The normalized spacial score (nSPS) is 16.4. The van der Waals surface area contributed by atoms with E-state index in [4.69, 9.17) is 5.73 Å². The van der Waals surface area contributed by atoms with Crippen molar-refractivity contribution in [3.63, 3.8) is 0 Å². The number of carbonyl (C=O) groups is 2. The average Bonchev–Trinajstić information content (AvgIpc) is 2.79. The summed E-state index contributed by atoms with van der Waals surface area (Å²) < 4.78 is 0. The summed E-state index contributed by atoms with van der Waals surface area (Å²) in [6, 6.07) is 9.73. The molecule has 1 aliphatic rings. The first kappa shape index (κ1) is 19.8. The highest BCUT2D eigenvalue weighted by atomic mass is 16.2. The van der Waals surface area contributed by atoms with Crippen molar-refractivity contribution in [3.05, 3.63) is 60.0 Å². The van der Waals surface area contributed by atoms with Crippen molar-refractivity contribution in [3.8, 4) is 0 Å². The average molecular weight is 403 g/mol. The van der Waals surface area contributed by atoms with E-state index < -0.39 is 11.8 Å². The van der Waals surface area contributed by atoms with E-state index in [-0.39, 0.29) is 6.04 Å². The zero-order chi connectivity index (χ0) is 21.1. The molecule has 1 aliphatic heterocycles. The van der Waals surface area contributed by atoms with E-state index >= 15 is 0 Å². The van der Waals surface area contributed by atoms with E-state index in [1.165, 1.54) is 6.20 Å². The second-order valence-corrected chi connectivity index (χ2v) is 7.57. The van der Waals surface area contributed by atoms with Gasteiger partial charge in [-0.3, -0.25) is 14.6 Å². The number of aryl methyl sites for hydroxylation is 1. The number of fused-ring (bicyclic) bond motifs is 1. The minimum absolute atomic E-state index is 0.120. The highest BCUT2D eigenvalue weighted by Crippen LogP contribution is 2.32. The van der Waals surface area contributed by atoms with Crippen LogP contribution in [0.15, 0.2) is 48.9 Å². The summed E-state index contributed by atoms with van der Waals surface area (Å²) in [5.74, 6) is -0.741. The number of nitrogens with two attached hydrogens (primary N) is 1. The first-order chi connectivity index (χ1) is 14.6. The number of benzene rings is 1. The summed E-state index contributed by atoms with van der Waals surface area (Å²) in [6.45, 7) is 2.52. The number of hydrogen-bond acceptors (Lipinski definition) is 5. The minimum Gasteiger partial charge on any atom is -0.383 e. The Morgan fingerprint density at radius 1 is 1.17 bits per heavy atom. The van der Waals surface area contributed by atoms with Crippen LogP contribution in [0.2, 0.25) is 0 Å². The van der Waals surface area contributed by atoms with Crippen LogP contribution in [-0.4, -0.2) is 33.2 Å². The summed E-state index contributed by atoms with van der Waals surface area (Å²) in [6.07, 6.45) is 8.49. The third-order valence-corrected chi connectivity index (χ3v) is 5.65. The van der Waals surface area contributed by atoms with Gasteiger partial charge in [-0.15, -0.1) is 0 Å². The molecule has 7 heteroatoms. The molecule has 0 unspecified atom stereocenters. The van der Waals surface area contributed by atoms with Crippen LogP contribution >= 0.6 is 0 Å². The maximum atomic E-state index is 13.0. The molecule has 0 spiro atoms. The van der Waals surface area contributed by atoms with Crippen molar-refractivity contribution < 1.29 is 9.59 Å². The SMILES string of the molecule is CCc1cc(NC(=O)C(=O)N2CCCC[C@H]2c2ccc3cnccc3c2)cnc1N. The van der Waals surface area contributed by atoms with Crippen molar-refractivity contribution in [1.82, 2.24) is 14.9 Å². The van der Waals surface area contributed by atoms with Gasteiger partial charge in [0.1, 0.15) is 5.82 Å². The lowest BCUT2D eigenvalue weighted by Gasteiger charge is -2.35. The molecule has 2 aromatic heterocycles. The number of rotatable bonds is 3. The Morgan fingerprint density at radius 3 is 2.87 bits per heavy atom. The first-order valence-electron chi connectivity index (χ1n) is 10.3. The van der Waals surface area contributed by atoms with E-state index in [2.05, 4.69) is 21.4 Å². The fourth-order valence-electron chi connectivity index (χ4n) is 4.02. The molecule has 1 aromatic carbocycles. The molecule has 1 saturated heterocycles. The molecular weight excluding hydrogens is 378 g/mol. The van der Waals surface area contributed by atoms with E-state index in [0.29, 0.717) is 24.5 Å². The number of nitrogens with one attached hydrogen (secondary N) is 1. The molecule has 0 bridgehead atoms. The van der Waals surface area contributed by atoms with Crippen molar-refractivity contribution in [2.45, 2.75) is 38.6 Å². The number of piperidine rings is 1. The number of carbonyl (C=O) groups excluding carboxylic acids is 2. The Morgan fingerprint density at radius 2 is 2.03 bits per heavy atom. The van der Waals surface area contributed by atoms with Crippen LogP contribution in [-0.2, 0) is 16.0 Å². The standard InChI is InChI=1S/C23H25N5O2/c1-2-15-12-19(14-26-21(15)24)27-22(29)23(30)28-10-4-3-5-20(28)17-6-7-18-13-25-9-8-16(18)11-17/h6-9,11-14,20H,2-5,10H2,1H3,(H2,24,26)(H,27,29)/t20-/m0/s1. The Balaban J connectivity index is 1.55. The highest BCUT2D eigenvalue weighted by molar-refractivity contribution is 6.39. The smallest absolute Gasteiger partial charge is 0.313 e. The molecule has 0 aliphatic carbocycles. The lowest BCUT2D eigenvalue weighted by atomic mass is 9.93. The van der Waals surface area contributed by atoms with Crippen molar-refractivity contribution in [2.24, 2.45) is 0 Å². The Kier molecular flexibility index (Phi) is 5.61. The van der Waals surface area contributed by atoms with Crippen molar-refractivity contribution in [1.29, 1.82) is 0 Å². The maximum Gasteiger partial charge on any atom is 0.313 e. The van der Waals surface area contributed by atoms with Crippen LogP contribution in [0, 0.1) is 0 Å². The predicted octanol–water partition coefficient (Wildman–Crippen LogP) is 3.47. The van der Waals surface area contributed by atoms with Crippen LogP contribution < -0.4 is 11.1 Å². The molecule has 3 aromatic rings. The van der Waals surface area contributed by atoms with E-state index in [9.17, 15) is 9.59 Å². The third kappa shape index (κ3) is 3.96. The van der Waals surface area contributed by atoms with Gasteiger partial charge in [0.2, 0.25) is 0 Å². The van der Waals surface area contributed by atoms with Crippen molar-refractivity contribution in [2.75, 3.05) is 17.6 Å². The Labute approximate surface area is 175 Å². The molecular formula is C23H25N5O2. The summed E-state index contributed by atoms with van der Waals surface area (Å²) in [7, 11) is 0. The van der Waals surface area contributed by atoms with E-state index in [1.807, 2.05) is 31.3 Å². The summed E-state index contributed by atoms with van der Waals surface area (Å²) in [4.78, 5) is 35.7. The van der Waals surface area contributed by atoms with Gasteiger partial charge in [0.05, 0.1) is 17.9 Å². The van der Waals surface area contributed by atoms with Crippen LogP contribution in [0.25, 0.3) is 10.8 Å². The van der Waals surface area contributed by atoms with Crippen LogP contribution in [0.1, 0.15) is 43.4 Å². The number of aromatic nitrogens is 2. The van der Waals surface area contributed by atoms with Gasteiger partial charge < -0.3 is 16.0 Å². The summed E-state index contributed by atoms with van der Waals surface area (Å²) in [5.41, 5.74) is 8.18. The monoisotopic (exact) mass is 403 g/mol. The number of anilines is 2. The quantitative estimate of drug-likeness (QED) is 0.652. The Bertz CT molecular complexity index is 1100. The topological polar surface area (TPSA) is 101 Å². The van der Waals surface area contributed by atoms with E-state index in [1.54, 1.807) is 17.2 Å². The first-order valence-corrected chi connectivity index (χ1v) is 10.3. The van der Waals surface area contributed by atoms with Gasteiger partial charge in [0, 0.05) is 24.3 Å². The highest BCUT2D eigenvalue weighted by Gasteiger charge is 2.32.